The normalized spacial score (nSPS) is 27.4. The number of likely N-dealkylation sites (N-methyl/N-ethyl adjacent to an activating group) is 1. The van der Waals surface area contributed by atoms with E-state index >= 15 is 0 Å². The third kappa shape index (κ3) is 2.99. The van der Waals surface area contributed by atoms with Crippen molar-refractivity contribution in [2.75, 3.05) is 46.3 Å². The summed E-state index contributed by atoms with van der Waals surface area (Å²) < 4.78 is 28.1. The van der Waals surface area contributed by atoms with Gasteiger partial charge >= 0.3 is 0 Å². The Bertz CT molecular complexity index is 314. The second kappa shape index (κ2) is 5.22. The third-order valence-electron chi connectivity index (χ3n) is 3.86. The molecule has 0 amide bonds. The molecule has 0 aromatic heterocycles. The van der Waals surface area contributed by atoms with Gasteiger partial charge in [-0.05, 0) is 25.8 Å². The van der Waals surface area contributed by atoms with Crippen LogP contribution in [-0.4, -0.2) is 68.2 Å². The Morgan fingerprint density at radius 3 is 1.88 bits per heavy atom. The molecule has 2 heterocycles. The van der Waals surface area contributed by atoms with Gasteiger partial charge in [-0.1, -0.05) is 6.92 Å². The molecule has 0 N–H and O–H groups in total. The fourth-order valence-corrected chi connectivity index (χ4v) is 4.02. The average molecular weight is 261 g/mol. The maximum absolute atomic E-state index is 12.4. The van der Waals surface area contributed by atoms with Crippen molar-refractivity contribution in [1.82, 2.24) is 13.5 Å². The van der Waals surface area contributed by atoms with E-state index in [2.05, 4.69) is 11.8 Å². The van der Waals surface area contributed by atoms with Crippen molar-refractivity contribution in [3.8, 4) is 0 Å². The molecule has 17 heavy (non-hydrogen) atoms. The van der Waals surface area contributed by atoms with Crippen LogP contribution in [-0.2, 0) is 10.2 Å². The molecule has 0 saturated carbocycles. The number of hydrogen-bond donors (Lipinski definition) is 0. The van der Waals surface area contributed by atoms with Gasteiger partial charge in [-0.25, -0.2) is 0 Å². The lowest BCUT2D eigenvalue weighted by atomic mass is 10.0. The summed E-state index contributed by atoms with van der Waals surface area (Å²) in [5.41, 5.74) is 0. The number of nitrogens with zero attached hydrogens (tertiary/aromatic N) is 3. The van der Waals surface area contributed by atoms with Crippen molar-refractivity contribution >= 4 is 10.2 Å². The van der Waals surface area contributed by atoms with Gasteiger partial charge in [-0.15, -0.1) is 0 Å². The second-order valence-electron chi connectivity index (χ2n) is 5.29. The molecule has 0 unspecified atom stereocenters. The molecule has 5 nitrogen and oxygen atoms in total. The lowest BCUT2D eigenvalue weighted by Crippen LogP contribution is -2.53. The highest BCUT2D eigenvalue weighted by Crippen LogP contribution is 2.21. The van der Waals surface area contributed by atoms with Crippen molar-refractivity contribution in [2.24, 2.45) is 5.92 Å². The Hall–Kier alpha value is -0.170. The topological polar surface area (TPSA) is 43.9 Å². The fourth-order valence-electron chi connectivity index (χ4n) is 2.40. The van der Waals surface area contributed by atoms with Gasteiger partial charge < -0.3 is 4.90 Å². The summed E-state index contributed by atoms with van der Waals surface area (Å²) in [6.07, 6.45) is 1.99. The SMILES string of the molecule is CC1CCN(S(=O)(=O)N2CCN(C)CC2)CC1. The molecule has 0 bridgehead atoms. The fraction of sp³-hybridized carbons (Fsp3) is 1.00. The second-order valence-corrected chi connectivity index (χ2v) is 7.22. The predicted molar refractivity (Wildman–Crippen MR) is 68.0 cm³/mol. The molecule has 2 aliphatic rings. The van der Waals surface area contributed by atoms with Crippen LogP contribution in [0.4, 0.5) is 0 Å². The Morgan fingerprint density at radius 2 is 1.35 bits per heavy atom. The van der Waals surface area contributed by atoms with Crippen molar-refractivity contribution in [3.63, 3.8) is 0 Å². The smallest absolute Gasteiger partial charge is 0.282 e. The quantitative estimate of drug-likeness (QED) is 0.714. The molecule has 2 rings (SSSR count). The van der Waals surface area contributed by atoms with Gasteiger partial charge in [0.25, 0.3) is 10.2 Å². The molecule has 0 aromatic carbocycles. The molecule has 2 aliphatic heterocycles. The van der Waals surface area contributed by atoms with Crippen molar-refractivity contribution in [2.45, 2.75) is 19.8 Å². The molecule has 0 spiro atoms. The zero-order chi connectivity index (χ0) is 12.5. The minimum Gasteiger partial charge on any atom is -0.304 e. The lowest BCUT2D eigenvalue weighted by molar-refractivity contribution is 0.202. The number of piperazine rings is 1. The van der Waals surface area contributed by atoms with E-state index < -0.39 is 10.2 Å². The summed E-state index contributed by atoms with van der Waals surface area (Å²) in [6, 6.07) is 0. The van der Waals surface area contributed by atoms with Gasteiger partial charge in [0.15, 0.2) is 0 Å². The maximum Gasteiger partial charge on any atom is 0.282 e. The van der Waals surface area contributed by atoms with E-state index in [4.69, 9.17) is 0 Å². The van der Waals surface area contributed by atoms with Crippen molar-refractivity contribution in [3.05, 3.63) is 0 Å². The van der Waals surface area contributed by atoms with Crippen LogP contribution in [0.5, 0.6) is 0 Å². The molecular formula is C11H23N3O2S. The van der Waals surface area contributed by atoms with Crippen LogP contribution in [0.1, 0.15) is 19.8 Å². The lowest BCUT2D eigenvalue weighted by Gasteiger charge is -2.37. The first kappa shape index (κ1) is 13.3. The zero-order valence-electron chi connectivity index (χ0n) is 10.8. The summed E-state index contributed by atoms with van der Waals surface area (Å²) in [7, 11) is -1.16. The highest BCUT2D eigenvalue weighted by Gasteiger charge is 2.33. The largest absolute Gasteiger partial charge is 0.304 e. The highest BCUT2D eigenvalue weighted by molar-refractivity contribution is 7.86. The van der Waals surface area contributed by atoms with Crippen LogP contribution in [0.25, 0.3) is 0 Å². The first-order valence-electron chi connectivity index (χ1n) is 6.44. The van der Waals surface area contributed by atoms with E-state index in [-0.39, 0.29) is 0 Å². The highest BCUT2D eigenvalue weighted by atomic mass is 32.2. The van der Waals surface area contributed by atoms with E-state index in [1.54, 1.807) is 8.61 Å². The van der Waals surface area contributed by atoms with E-state index in [0.29, 0.717) is 32.1 Å². The summed E-state index contributed by atoms with van der Waals surface area (Å²) in [4.78, 5) is 2.17. The maximum atomic E-state index is 12.4. The van der Waals surface area contributed by atoms with Crippen LogP contribution in [0.15, 0.2) is 0 Å². The Balaban J connectivity index is 1.98. The Kier molecular flexibility index (Phi) is 4.07. The van der Waals surface area contributed by atoms with Gasteiger partial charge in [-0.3, -0.25) is 0 Å². The first-order valence-corrected chi connectivity index (χ1v) is 7.83. The van der Waals surface area contributed by atoms with Crippen LogP contribution >= 0.6 is 0 Å². The molecule has 2 fully saturated rings. The summed E-state index contributed by atoms with van der Waals surface area (Å²) in [6.45, 7) is 6.51. The Labute approximate surface area is 105 Å². The van der Waals surface area contributed by atoms with E-state index in [1.165, 1.54) is 0 Å². The molecule has 2 saturated heterocycles. The van der Waals surface area contributed by atoms with Crippen molar-refractivity contribution < 1.29 is 8.42 Å². The van der Waals surface area contributed by atoms with Crippen LogP contribution in [0.2, 0.25) is 0 Å². The minimum atomic E-state index is -3.19. The predicted octanol–water partition coefficient (Wildman–Crippen LogP) is 0.211. The van der Waals surface area contributed by atoms with Crippen molar-refractivity contribution in [1.29, 1.82) is 0 Å². The first-order chi connectivity index (χ1) is 8.00. The standard InChI is InChI=1S/C11H23N3O2S/c1-11-3-5-13(6-4-11)17(15,16)14-9-7-12(2)8-10-14/h11H,3-10H2,1-2H3. The summed E-state index contributed by atoms with van der Waals surface area (Å²) in [5.74, 6) is 0.661. The number of hydrogen-bond acceptors (Lipinski definition) is 3. The molecule has 0 atom stereocenters. The molecule has 0 aromatic rings. The van der Waals surface area contributed by atoms with Gasteiger partial charge in [-0.2, -0.15) is 17.0 Å². The van der Waals surface area contributed by atoms with Crippen LogP contribution in [0.3, 0.4) is 0 Å². The van der Waals surface area contributed by atoms with Gasteiger partial charge in [0.1, 0.15) is 0 Å². The Morgan fingerprint density at radius 1 is 0.882 bits per heavy atom. The third-order valence-corrected chi connectivity index (χ3v) is 5.89. The van der Waals surface area contributed by atoms with Crippen LogP contribution in [0, 0.1) is 5.92 Å². The average Bonchev–Trinajstić information content (AvgIpc) is 2.30. The molecule has 6 heteroatoms. The van der Waals surface area contributed by atoms with E-state index in [1.807, 2.05) is 7.05 Å². The van der Waals surface area contributed by atoms with Gasteiger partial charge in [0.05, 0.1) is 0 Å². The molecular weight excluding hydrogens is 238 g/mol. The van der Waals surface area contributed by atoms with Gasteiger partial charge in [0.2, 0.25) is 0 Å². The monoisotopic (exact) mass is 261 g/mol. The molecule has 0 radical (unpaired) electrons. The van der Waals surface area contributed by atoms with Crippen LogP contribution < -0.4 is 0 Å². The zero-order valence-corrected chi connectivity index (χ0v) is 11.6. The van der Waals surface area contributed by atoms with Gasteiger partial charge in [0, 0.05) is 39.3 Å². The van der Waals surface area contributed by atoms with E-state index in [0.717, 1.165) is 25.9 Å². The summed E-state index contributed by atoms with van der Waals surface area (Å²) >= 11 is 0. The minimum absolute atomic E-state index is 0.630. The van der Waals surface area contributed by atoms with E-state index in [9.17, 15) is 8.42 Å². The number of rotatable bonds is 2. The molecule has 100 valence electrons. The summed E-state index contributed by atoms with van der Waals surface area (Å²) in [5, 5.41) is 0. The molecule has 0 aliphatic carbocycles. The number of piperidine rings is 1.